The van der Waals surface area contributed by atoms with Crippen molar-refractivity contribution in [3.05, 3.63) is 76.3 Å². The van der Waals surface area contributed by atoms with Crippen LogP contribution in [0.4, 0.5) is 5.69 Å². The van der Waals surface area contributed by atoms with Gasteiger partial charge in [0.2, 0.25) is 0 Å². The van der Waals surface area contributed by atoms with Gasteiger partial charge in [-0.15, -0.1) is 23.2 Å². The quantitative estimate of drug-likeness (QED) is 0.330. The Bertz CT molecular complexity index is 852. The lowest BCUT2D eigenvalue weighted by Gasteiger charge is -2.22. The Morgan fingerprint density at radius 2 is 1.56 bits per heavy atom. The van der Waals surface area contributed by atoms with Crippen LogP contribution in [0.15, 0.2) is 60.2 Å². The van der Waals surface area contributed by atoms with Gasteiger partial charge in [-0.05, 0) is 54.1 Å². The highest BCUT2D eigenvalue weighted by molar-refractivity contribution is 6.30. The van der Waals surface area contributed by atoms with Crippen molar-refractivity contribution in [2.45, 2.75) is 0 Å². The van der Waals surface area contributed by atoms with E-state index < -0.39 is 0 Å². The number of hydrogen-bond acceptors (Lipinski definition) is 3. The minimum Gasteiger partial charge on any atom is -0.422 e. The fourth-order valence-corrected chi connectivity index (χ4v) is 3.31. The standard InChI is InChI=1S/C21H18Cl3NO2/c22-9-11-25(12-10-23)19-7-1-15(2-8-19)13-17-14-20(27-21(17)26)16-3-5-18(24)6-4-16/h1-8,13-14H,9-12H2. The molecule has 3 nitrogen and oxygen atoms in total. The van der Waals surface area contributed by atoms with Gasteiger partial charge in [0.15, 0.2) is 0 Å². The molecule has 0 saturated carbocycles. The summed E-state index contributed by atoms with van der Waals surface area (Å²) in [5.74, 6) is 1.23. The molecule has 2 aromatic carbocycles. The first-order valence-corrected chi connectivity index (χ1v) is 9.94. The van der Waals surface area contributed by atoms with Crippen molar-refractivity contribution >= 4 is 58.3 Å². The average molecular weight is 423 g/mol. The van der Waals surface area contributed by atoms with Crippen molar-refractivity contribution in [1.82, 2.24) is 0 Å². The summed E-state index contributed by atoms with van der Waals surface area (Å²) in [4.78, 5) is 14.3. The number of cyclic esters (lactones) is 1. The number of rotatable bonds is 7. The van der Waals surface area contributed by atoms with Crippen LogP contribution in [0.5, 0.6) is 0 Å². The van der Waals surface area contributed by atoms with Crippen LogP contribution in [0, 0.1) is 0 Å². The third-order valence-electron chi connectivity index (χ3n) is 4.14. The van der Waals surface area contributed by atoms with Crippen LogP contribution < -0.4 is 4.90 Å². The molecule has 0 unspecified atom stereocenters. The zero-order valence-corrected chi connectivity index (χ0v) is 16.8. The van der Waals surface area contributed by atoms with Crippen molar-refractivity contribution in [3.63, 3.8) is 0 Å². The molecule has 0 aliphatic carbocycles. The van der Waals surface area contributed by atoms with Gasteiger partial charge in [0.25, 0.3) is 0 Å². The van der Waals surface area contributed by atoms with Gasteiger partial charge in [0, 0.05) is 41.1 Å². The maximum Gasteiger partial charge on any atom is 0.343 e. The van der Waals surface area contributed by atoms with E-state index in [9.17, 15) is 4.79 Å². The van der Waals surface area contributed by atoms with Gasteiger partial charge < -0.3 is 9.64 Å². The minimum atomic E-state index is -0.366. The normalized spacial score (nSPS) is 15.0. The van der Waals surface area contributed by atoms with Gasteiger partial charge in [-0.1, -0.05) is 23.7 Å². The SMILES string of the molecule is O=C1OC(c2ccc(Cl)cc2)=CC1=Cc1ccc(N(CCCl)CCCl)cc1. The van der Waals surface area contributed by atoms with Crippen LogP contribution in [-0.2, 0) is 9.53 Å². The molecule has 0 aromatic heterocycles. The number of benzene rings is 2. The Labute approximate surface area is 173 Å². The van der Waals surface area contributed by atoms with E-state index in [0.29, 0.717) is 28.1 Å². The van der Waals surface area contributed by atoms with Gasteiger partial charge in [-0.2, -0.15) is 0 Å². The smallest absolute Gasteiger partial charge is 0.343 e. The second-order valence-corrected chi connectivity index (χ2v) is 7.15. The summed E-state index contributed by atoms with van der Waals surface area (Å²) in [6.45, 7) is 1.46. The third kappa shape index (κ3) is 5.07. The first kappa shape index (κ1) is 19.8. The van der Waals surface area contributed by atoms with Crippen molar-refractivity contribution in [2.75, 3.05) is 29.7 Å². The second-order valence-electron chi connectivity index (χ2n) is 5.96. The van der Waals surface area contributed by atoms with E-state index in [1.54, 1.807) is 18.2 Å². The largest absolute Gasteiger partial charge is 0.422 e. The Morgan fingerprint density at radius 1 is 0.926 bits per heavy atom. The van der Waals surface area contributed by atoms with Crippen LogP contribution in [0.25, 0.3) is 11.8 Å². The number of halogens is 3. The summed E-state index contributed by atoms with van der Waals surface area (Å²) in [5.41, 5.74) is 3.27. The summed E-state index contributed by atoms with van der Waals surface area (Å²) in [6, 6.07) is 15.1. The number of nitrogens with zero attached hydrogens (tertiary/aromatic N) is 1. The highest BCUT2D eigenvalue weighted by atomic mass is 35.5. The maximum atomic E-state index is 12.2. The fourth-order valence-electron chi connectivity index (χ4n) is 2.78. The van der Waals surface area contributed by atoms with E-state index in [1.807, 2.05) is 42.5 Å². The molecule has 140 valence electrons. The minimum absolute atomic E-state index is 0.366. The Morgan fingerprint density at radius 3 is 2.15 bits per heavy atom. The van der Waals surface area contributed by atoms with E-state index in [2.05, 4.69) is 4.90 Å². The van der Waals surface area contributed by atoms with Crippen molar-refractivity contribution in [3.8, 4) is 0 Å². The molecule has 0 bridgehead atoms. The molecule has 1 heterocycles. The molecule has 0 atom stereocenters. The summed E-state index contributed by atoms with van der Waals surface area (Å²) in [6.07, 6.45) is 3.55. The fraction of sp³-hybridized carbons (Fsp3) is 0.190. The zero-order chi connectivity index (χ0) is 19.2. The number of ether oxygens (including phenoxy) is 1. The Balaban J connectivity index is 1.79. The summed E-state index contributed by atoms with van der Waals surface area (Å²) in [5, 5.41) is 0.636. The lowest BCUT2D eigenvalue weighted by molar-refractivity contribution is -0.130. The molecule has 27 heavy (non-hydrogen) atoms. The summed E-state index contributed by atoms with van der Waals surface area (Å²) >= 11 is 17.6. The number of anilines is 1. The van der Waals surface area contributed by atoms with Crippen LogP contribution in [0.2, 0.25) is 5.02 Å². The Hall–Kier alpha value is -1.94. The molecule has 1 aliphatic rings. The van der Waals surface area contributed by atoms with E-state index in [-0.39, 0.29) is 5.97 Å². The van der Waals surface area contributed by atoms with Crippen molar-refractivity contribution < 1.29 is 9.53 Å². The molecule has 0 N–H and O–H groups in total. The predicted molar refractivity (Wildman–Crippen MR) is 114 cm³/mol. The third-order valence-corrected chi connectivity index (χ3v) is 4.73. The van der Waals surface area contributed by atoms with Gasteiger partial charge >= 0.3 is 5.97 Å². The van der Waals surface area contributed by atoms with E-state index in [0.717, 1.165) is 29.9 Å². The molecule has 0 saturated heterocycles. The highest BCUT2D eigenvalue weighted by Crippen LogP contribution is 2.28. The first-order valence-electron chi connectivity index (χ1n) is 8.49. The molecule has 0 radical (unpaired) electrons. The van der Waals surface area contributed by atoms with E-state index in [4.69, 9.17) is 39.5 Å². The second kappa shape index (κ2) is 9.32. The topological polar surface area (TPSA) is 29.5 Å². The molecule has 0 spiro atoms. The van der Waals surface area contributed by atoms with Crippen molar-refractivity contribution in [1.29, 1.82) is 0 Å². The summed E-state index contributed by atoms with van der Waals surface area (Å²) in [7, 11) is 0. The summed E-state index contributed by atoms with van der Waals surface area (Å²) < 4.78 is 5.37. The lowest BCUT2D eigenvalue weighted by Crippen LogP contribution is -2.27. The molecule has 1 aliphatic heterocycles. The van der Waals surface area contributed by atoms with Gasteiger partial charge in [0.05, 0.1) is 5.57 Å². The Kier molecular flexibility index (Phi) is 6.84. The number of carbonyl (C=O) groups excluding carboxylic acids is 1. The zero-order valence-electron chi connectivity index (χ0n) is 14.5. The molecule has 0 amide bonds. The van der Waals surface area contributed by atoms with Crippen LogP contribution in [0.1, 0.15) is 11.1 Å². The number of esters is 1. The van der Waals surface area contributed by atoms with E-state index >= 15 is 0 Å². The molecule has 2 aromatic rings. The number of carbonyl (C=O) groups is 1. The number of alkyl halides is 2. The number of hydrogen-bond donors (Lipinski definition) is 0. The van der Waals surface area contributed by atoms with Crippen LogP contribution in [-0.4, -0.2) is 30.8 Å². The monoisotopic (exact) mass is 421 g/mol. The van der Waals surface area contributed by atoms with Crippen LogP contribution >= 0.6 is 34.8 Å². The maximum absolute atomic E-state index is 12.2. The highest BCUT2D eigenvalue weighted by Gasteiger charge is 2.21. The molecular formula is C21H18Cl3NO2. The van der Waals surface area contributed by atoms with Gasteiger partial charge in [-0.3, -0.25) is 0 Å². The molecule has 0 fully saturated rings. The van der Waals surface area contributed by atoms with E-state index in [1.165, 1.54) is 0 Å². The molecule has 6 heteroatoms. The first-order chi connectivity index (χ1) is 13.1. The molecule has 3 rings (SSSR count). The van der Waals surface area contributed by atoms with Crippen molar-refractivity contribution in [2.24, 2.45) is 0 Å². The van der Waals surface area contributed by atoms with Crippen LogP contribution in [0.3, 0.4) is 0 Å². The molecular weight excluding hydrogens is 405 g/mol. The lowest BCUT2D eigenvalue weighted by atomic mass is 10.1. The van der Waals surface area contributed by atoms with Gasteiger partial charge in [-0.25, -0.2) is 4.79 Å². The average Bonchev–Trinajstić information content (AvgIpc) is 3.03. The predicted octanol–water partition coefficient (Wildman–Crippen LogP) is 5.61. The van der Waals surface area contributed by atoms with Gasteiger partial charge in [0.1, 0.15) is 5.76 Å².